The third-order valence-corrected chi connectivity index (χ3v) is 4.95. The number of hydrogen-bond donors (Lipinski definition) is 1. The molecule has 2 amide bonds. The molecule has 136 valence electrons. The Morgan fingerprint density at radius 2 is 2.04 bits per heavy atom. The van der Waals surface area contributed by atoms with Crippen LogP contribution in [0.2, 0.25) is 0 Å². The molecule has 1 N–H and O–H groups in total. The smallest absolute Gasteiger partial charge is 0.244 e. The summed E-state index contributed by atoms with van der Waals surface area (Å²) < 4.78 is 10.9. The maximum Gasteiger partial charge on any atom is 0.244 e. The van der Waals surface area contributed by atoms with Gasteiger partial charge in [0.2, 0.25) is 11.8 Å². The largest absolute Gasteiger partial charge is 0.497 e. The lowest BCUT2D eigenvalue weighted by Gasteiger charge is -2.30. The zero-order valence-electron chi connectivity index (χ0n) is 14.9. The fourth-order valence-electron chi connectivity index (χ4n) is 3.43. The van der Waals surface area contributed by atoms with Crippen LogP contribution in [0.3, 0.4) is 0 Å². The molecule has 2 atom stereocenters. The van der Waals surface area contributed by atoms with Crippen molar-refractivity contribution < 1.29 is 19.1 Å². The van der Waals surface area contributed by atoms with E-state index in [0.29, 0.717) is 13.0 Å². The molecule has 0 unspecified atom stereocenters. The van der Waals surface area contributed by atoms with Gasteiger partial charge in [-0.15, -0.1) is 0 Å². The molecule has 3 rings (SSSR count). The first-order valence-electron chi connectivity index (χ1n) is 8.97. The third-order valence-electron chi connectivity index (χ3n) is 4.95. The summed E-state index contributed by atoms with van der Waals surface area (Å²) in [6, 6.07) is 5.13. The van der Waals surface area contributed by atoms with Crippen molar-refractivity contribution >= 4 is 11.8 Å². The second kappa shape index (κ2) is 7.76. The van der Waals surface area contributed by atoms with Crippen molar-refractivity contribution in [3.8, 4) is 11.5 Å². The van der Waals surface area contributed by atoms with Crippen molar-refractivity contribution in [1.29, 1.82) is 0 Å². The molecule has 0 bridgehead atoms. The standard InChI is InChI=1S/C19H26N2O4/c1-13(19(23)21-8-4-3-5-9-21)20-18(22)15-10-14-6-7-16(24-2)11-17(14)25-12-15/h6-7,11,13,15H,3-5,8-10,12H2,1-2H3,(H,20,22)/t13-,15-/m0/s1. The zero-order valence-corrected chi connectivity index (χ0v) is 14.9. The first-order valence-corrected chi connectivity index (χ1v) is 8.97. The van der Waals surface area contributed by atoms with Crippen LogP contribution >= 0.6 is 0 Å². The quantitative estimate of drug-likeness (QED) is 0.902. The molecule has 1 aromatic rings. The molecule has 25 heavy (non-hydrogen) atoms. The molecular weight excluding hydrogens is 320 g/mol. The van der Waals surface area contributed by atoms with Crippen LogP contribution in [-0.2, 0) is 16.0 Å². The summed E-state index contributed by atoms with van der Waals surface area (Å²) in [7, 11) is 1.61. The fraction of sp³-hybridized carbons (Fsp3) is 0.579. The number of ether oxygens (including phenoxy) is 2. The van der Waals surface area contributed by atoms with E-state index in [1.54, 1.807) is 14.0 Å². The van der Waals surface area contributed by atoms with Crippen LogP contribution in [0.1, 0.15) is 31.7 Å². The van der Waals surface area contributed by atoms with Crippen molar-refractivity contribution in [2.45, 2.75) is 38.6 Å². The minimum Gasteiger partial charge on any atom is -0.497 e. The van der Waals surface area contributed by atoms with Gasteiger partial charge >= 0.3 is 0 Å². The topological polar surface area (TPSA) is 67.9 Å². The minimum absolute atomic E-state index is 0.00918. The lowest BCUT2D eigenvalue weighted by atomic mass is 9.95. The Labute approximate surface area is 148 Å². The maximum atomic E-state index is 12.5. The molecule has 6 heteroatoms. The number of likely N-dealkylation sites (tertiary alicyclic amines) is 1. The SMILES string of the molecule is COc1ccc2c(c1)OC[C@@H](C(=O)N[C@@H](C)C(=O)N1CCCCC1)C2. The second-order valence-corrected chi connectivity index (χ2v) is 6.80. The van der Waals surface area contributed by atoms with Gasteiger partial charge in [0.1, 0.15) is 24.1 Å². The van der Waals surface area contributed by atoms with E-state index in [9.17, 15) is 9.59 Å². The molecule has 1 aromatic carbocycles. The van der Waals surface area contributed by atoms with Gasteiger partial charge < -0.3 is 19.7 Å². The van der Waals surface area contributed by atoms with E-state index in [0.717, 1.165) is 43.0 Å². The summed E-state index contributed by atoms with van der Waals surface area (Å²) in [5.41, 5.74) is 0.988. The van der Waals surface area contributed by atoms with Gasteiger partial charge in [-0.25, -0.2) is 0 Å². The van der Waals surface area contributed by atoms with Gasteiger partial charge in [-0.2, -0.15) is 0 Å². The minimum atomic E-state index is -0.497. The molecule has 0 saturated carbocycles. The Morgan fingerprint density at radius 3 is 2.76 bits per heavy atom. The summed E-state index contributed by atoms with van der Waals surface area (Å²) in [4.78, 5) is 26.8. The summed E-state index contributed by atoms with van der Waals surface area (Å²) in [5.74, 6) is 1.11. The molecule has 6 nitrogen and oxygen atoms in total. The molecular formula is C19H26N2O4. The molecule has 0 aliphatic carbocycles. The van der Waals surface area contributed by atoms with Gasteiger partial charge in [-0.1, -0.05) is 6.07 Å². The molecule has 1 fully saturated rings. The van der Waals surface area contributed by atoms with E-state index in [1.165, 1.54) is 6.42 Å². The number of hydrogen-bond acceptors (Lipinski definition) is 4. The summed E-state index contributed by atoms with van der Waals surface area (Å²) in [6.45, 7) is 3.66. The second-order valence-electron chi connectivity index (χ2n) is 6.80. The molecule has 2 aliphatic rings. The monoisotopic (exact) mass is 346 g/mol. The van der Waals surface area contributed by atoms with E-state index in [2.05, 4.69) is 5.32 Å². The lowest BCUT2D eigenvalue weighted by molar-refractivity contribution is -0.138. The normalized spacial score (nSPS) is 20.9. The molecule has 2 aliphatic heterocycles. The predicted octanol–water partition coefficient (Wildman–Crippen LogP) is 1.76. The molecule has 0 aromatic heterocycles. The Hall–Kier alpha value is -2.24. The summed E-state index contributed by atoms with van der Waals surface area (Å²) >= 11 is 0. The van der Waals surface area contributed by atoms with Gasteiger partial charge in [-0.05, 0) is 44.2 Å². The van der Waals surface area contributed by atoms with Gasteiger partial charge in [0.15, 0.2) is 0 Å². The number of nitrogens with zero attached hydrogens (tertiary/aromatic N) is 1. The van der Waals surface area contributed by atoms with Crippen molar-refractivity contribution in [2.75, 3.05) is 26.8 Å². The molecule has 2 heterocycles. The summed E-state index contributed by atoms with van der Waals surface area (Å²) in [5, 5.41) is 2.87. The fourth-order valence-corrected chi connectivity index (χ4v) is 3.43. The highest BCUT2D eigenvalue weighted by Crippen LogP contribution is 2.31. The van der Waals surface area contributed by atoms with Crippen molar-refractivity contribution in [1.82, 2.24) is 10.2 Å². The number of piperidine rings is 1. The van der Waals surface area contributed by atoms with Crippen LogP contribution in [0, 0.1) is 5.92 Å². The maximum absolute atomic E-state index is 12.5. The van der Waals surface area contributed by atoms with E-state index in [1.807, 2.05) is 23.1 Å². The highest BCUT2D eigenvalue weighted by atomic mass is 16.5. The Morgan fingerprint density at radius 1 is 1.28 bits per heavy atom. The lowest BCUT2D eigenvalue weighted by Crippen LogP contribution is -2.50. The van der Waals surface area contributed by atoms with Crippen molar-refractivity contribution in [3.63, 3.8) is 0 Å². The summed E-state index contributed by atoms with van der Waals surface area (Å²) in [6.07, 6.45) is 3.87. The number of methoxy groups -OCH3 is 1. The van der Waals surface area contributed by atoms with Crippen LogP contribution < -0.4 is 14.8 Å². The molecule has 1 saturated heterocycles. The van der Waals surface area contributed by atoms with E-state index in [-0.39, 0.29) is 17.7 Å². The van der Waals surface area contributed by atoms with Crippen molar-refractivity contribution in [2.24, 2.45) is 5.92 Å². The van der Waals surface area contributed by atoms with Crippen LogP contribution in [-0.4, -0.2) is 49.6 Å². The zero-order chi connectivity index (χ0) is 17.8. The molecule has 0 radical (unpaired) electrons. The van der Waals surface area contributed by atoms with Gasteiger partial charge in [0, 0.05) is 19.2 Å². The highest BCUT2D eigenvalue weighted by Gasteiger charge is 2.30. The number of fused-ring (bicyclic) bond motifs is 1. The number of nitrogens with one attached hydrogen (secondary N) is 1. The van der Waals surface area contributed by atoms with Crippen LogP contribution in [0.5, 0.6) is 11.5 Å². The van der Waals surface area contributed by atoms with E-state index >= 15 is 0 Å². The van der Waals surface area contributed by atoms with Crippen LogP contribution in [0.25, 0.3) is 0 Å². The van der Waals surface area contributed by atoms with E-state index < -0.39 is 6.04 Å². The average molecular weight is 346 g/mol. The Kier molecular flexibility index (Phi) is 5.46. The van der Waals surface area contributed by atoms with Crippen molar-refractivity contribution in [3.05, 3.63) is 23.8 Å². The number of carbonyl (C=O) groups excluding carboxylic acids is 2. The van der Waals surface area contributed by atoms with Gasteiger partial charge in [0.25, 0.3) is 0 Å². The molecule has 0 spiro atoms. The number of carbonyl (C=O) groups is 2. The Bertz CT molecular complexity index is 640. The number of amides is 2. The first kappa shape index (κ1) is 17.6. The Balaban J connectivity index is 1.57. The number of rotatable bonds is 4. The van der Waals surface area contributed by atoms with Gasteiger partial charge in [-0.3, -0.25) is 9.59 Å². The first-order chi connectivity index (χ1) is 12.1. The van der Waals surface area contributed by atoms with Crippen LogP contribution in [0.15, 0.2) is 18.2 Å². The number of benzene rings is 1. The van der Waals surface area contributed by atoms with Gasteiger partial charge in [0.05, 0.1) is 13.0 Å². The third kappa shape index (κ3) is 4.06. The predicted molar refractivity (Wildman–Crippen MR) is 93.7 cm³/mol. The van der Waals surface area contributed by atoms with Crippen LogP contribution in [0.4, 0.5) is 0 Å². The average Bonchev–Trinajstić information content (AvgIpc) is 2.67. The highest BCUT2D eigenvalue weighted by molar-refractivity contribution is 5.88. The van der Waals surface area contributed by atoms with E-state index in [4.69, 9.17) is 9.47 Å².